The molecule has 0 atom stereocenters. The standard InChI is InChI=1S/C16H9ClF2N4OS/c17-9-4-2-1-3-8(9)15-23-22-14(24-15)7-25-16-20-12-5-10(18)11(19)6-13(12)21-16/h1-6H,7H2,(H,20,21). The Bertz CT molecular complexity index is 1030. The van der Waals surface area contributed by atoms with E-state index in [0.717, 1.165) is 12.1 Å². The van der Waals surface area contributed by atoms with Crippen molar-refractivity contribution in [2.45, 2.75) is 10.9 Å². The summed E-state index contributed by atoms with van der Waals surface area (Å²) in [5.74, 6) is -0.791. The molecule has 0 spiro atoms. The van der Waals surface area contributed by atoms with E-state index in [9.17, 15) is 8.78 Å². The SMILES string of the molecule is Fc1cc2nc(SCc3nnc(-c4ccccc4Cl)o3)[nH]c2cc1F. The smallest absolute Gasteiger partial charge is 0.249 e. The molecule has 0 amide bonds. The fourth-order valence-electron chi connectivity index (χ4n) is 2.24. The molecule has 0 aliphatic rings. The van der Waals surface area contributed by atoms with Gasteiger partial charge in [0.15, 0.2) is 16.8 Å². The molecule has 2 heterocycles. The van der Waals surface area contributed by atoms with Crippen LogP contribution in [0.4, 0.5) is 8.78 Å². The first-order chi connectivity index (χ1) is 12.1. The Morgan fingerprint density at radius 1 is 1.12 bits per heavy atom. The van der Waals surface area contributed by atoms with E-state index in [2.05, 4.69) is 20.2 Å². The topological polar surface area (TPSA) is 67.6 Å². The molecule has 0 unspecified atom stereocenters. The van der Waals surface area contributed by atoms with E-state index in [0.29, 0.717) is 44.3 Å². The molecule has 0 saturated carbocycles. The monoisotopic (exact) mass is 378 g/mol. The lowest BCUT2D eigenvalue weighted by atomic mass is 10.2. The highest BCUT2D eigenvalue weighted by atomic mass is 35.5. The van der Waals surface area contributed by atoms with Gasteiger partial charge < -0.3 is 9.40 Å². The van der Waals surface area contributed by atoms with Gasteiger partial charge in [0, 0.05) is 12.1 Å². The summed E-state index contributed by atoms with van der Waals surface area (Å²) >= 11 is 7.39. The molecular formula is C16H9ClF2N4OS. The lowest BCUT2D eigenvalue weighted by molar-refractivity contribution is 0.510. The number of fused-ring (bicyclic) bond motifs is 1. The number of benzene rings is 2. The van der Waals surface area contributed by atoms with Gasteiger partial charge in [0.05, 0.1) is 27.4 Å². The molecule has 0 fully saturated rings. The van der Waals surface area contributed by atoms with Crippen LogP contribution in [0.25, 0.3) is 22.5 Å². The molecule has 9 heteroatoms. The van der Waals surface area contributed by atoms with Crippen molar-refractivity contribution in [1.29, 1.82) is 0 Å². The van der Waals surface area contributed by atoms with Crippen LogP contribution in [-0.2, 0) is 5.75 Å². The van der Waals surface area contributed by atoms with E-state index < -0.39 is 11.6 Å². The summed E-state index contributed by atoms with van der Waals surface area (Å²) in [5, 5.41) is 8.97. The summed E-state index contributed by atoms with van der Waals surface area (Å²) in [5.41, 5.74) is 1.43. The Morgan fingerprint density at radius 3 is 2.76 bits per heavy atom. The number of imidazole rings is 1. The van der Waals surface area contributed by atoms with Crippen molar-refractivity contribution in [2.75, 3.05) is 0 Å². The molecule has 0 aliphatic carbocycles. The third-order valence-electron chi connectivity index (χ3n) is 3.41. The van der Waals surface area contributed by atoms with Crippen molar-refractivity contribution in [3.8, 4) is 11.5 Å². The highest BCUT2D eigenvalue weighted by Crippen LogP contribution is 2.28. The summed E-state index contributed by atoms with van der Waals surface area (Å²) in [4.78, 5) is 7.11. The van der Waals surface area contributed by atoms with Gasteiger partial charge in [-0.15, -0.1) is 10.2 Å². The normalized spacial score (nSPS) is 11.3. The molecule has 0 bridgehead atoms. The summed E-state index contributed by atoms with van der Waals surface area (Å²) in [7, 11) is 0. The van der Waals surface area contributed by atoms with Crippen LogP contribution in [0.2, 0.25) is 5.02 Å². The molecule has 4 aromatic rings. The van der Waals surface area contributed by atoms with Crippen molar-refractivity contribution in [3.05, 3.63) is 58.9 Å². The average molecular weight is 379 g/mol. The van der Waals surface area contributed by atoms with Crippen molar-refractivity contribution in [2.24, 2.45) is 0 Å². The summed E-state index contributed by atoms with van der Waals surface area (Å²) < 4.78 is 32.1. The minimum Gasteiger partial charge on any atom is -0.420 e. The quantitative estimate of drug-likeness (QED) is 0.515. The molecule has 4 rings (SSSR count). The lowest BCUT2D eigenvalue weighted by Gasteiger charge is -1.96. The van der Waals surface area contributed by atoms with Crippen LogP contribution in [0, 0.1) is 11.6 Å². The van der Waals surface area contributed by atoms with Gasteiger partial charge in [-0.05, 0) is 12.1 Å². The molecule has 126 valence electrons. The van der Waals surface area contributed by atoms with Crippen LogP contribution in [0.3, 0.4) is 0 Å². The van der Waals surface area contributed by atoms with Crippen LogP contribution in [-0.4, -0.2) is 20.2 Å². The van der Waals surface area contributed by atoms with Crippen LogP contribution in [0.1, 0.15) is 5.89 Å². The predicted molar refractivity (Wildman–Crippen MR) is 90.3 cm³/mol. The Balaban J connectivity index is 1.51. The molecule has 2 aromatic heterocycles. The Labute approximate surface area is 149 Å². The number of thioether (sulfide) groups is 1. The number of nitrogens with one attached hydrogen (secondary N) is 1. The van der Waals surface area contributed by atoms with Crippen molar-refractivity contribution in [1.82, 2.24) is 20.2 Å². The van der Waals surface area contributed by atoms with Crippen LogP contribution in [0.15, 0.2) is 46.0 Å². The summed E-state index contributed by atoms with van der Waals surface area (Å²) in [6.45, 7) is 0. The molecule has 0 aliphatic heterocycles. The van der Waals surface area contributed by atoms with E-state index in [1.807, 2.05) is 12.1 Å². The van der Waals surface area contributed by atoms with Crippen molar-refractivity contribution in [3.63, 3.8) is 0 Å². The Kier molecular flexibility index (Phi) is 4.14. The molecule has 0 saturated heterocycles. The lowest BCUT2D eigenvalue weighted by Crippen LogP contribution is -1.82. The number of H-pyrrole nitrogens is 1. The van der Waals surface area contributed by atoms with Crippen molar-refractivity contribution >= 4 is 34.4 Å². The van der Waals surface area contributed by atoms with Crippen LogP contribution >= 0.6 is 23.4 Å². The predicted octanol–water partition coefficient (Wildman–Crippen LogP) is 4.84. The first-order valence-corrected chi connectivity index (χ1v) is 8.51. The van der Waals surface area contributed by atoms with Gasteiger partial charge in [-0.25, -0.2) is 13.8 Å². The summed E-state index contributed by atoms with van der Waals surface area (Å²) in [6, 6.07) is 9.29. The average Bonchev–Trinajstić information content (AvgIpc) is 3.20. The molecule has 2 aromatic carbocycles. The molecule has 25 heavy (non-hydrogen) atoms. The van der Waals surface area contributed by atoms with E-state index in [1.165, 1.54) is 11.8 Å². The number of hydrogen-bond donors (Lipinski definition) is 1. The van der Waals surface area contributed by atoms with Gasteiger partial charge in [-0.2, -0.15) is 0 Å². The van der Waals surface area contributed by atoms with E-state index >= 15 is 0 Å². The molecule has 5 nitrogen and oxygen atoms in total. The second-order valence-corrected chi connectivity index (χ2v) is 6.47. The third-order valence-corrected chi connectivity index (χ3v) is 4.59. The van der Waals surface area contributed by atoms with E-state index in [4.69, 9.17) is 16.0 Å². The Morgan fingerprint density at radius 2 is 1.92 bits per heavy atom. The second kappa shape index (κ2) is 6.45. The van der Waals surface area contributed by atoms with Gasteiger partial charge in [-0.1, -0.05) is 35.5 Å². The number of aromatic amines is 1. The second-order valence-electron chi connectivity index (χ2n) is 5.09. The zero-order valence-corrected chi connectivity index (χ0v) is 14.0. The molecular weight excluding hydrogens is 370 g/mol. The maximum absolute atomic E-state index is 13.2. The van der Waals surface area contributed by atoms with Gasteiger partial charge in [0.25, 0.3) is 0 Å². The fourth-order valence-corrected chi connectivity index (χ4v) is 3.17. The first-order valence-electron chi connectivity index (χ1n) is 7.15. The summed E-state index contributed by atoms with van der Waals surface area (Å²) in [6.07, 6.45) is 0. The molecule has 1 N–H and O–H groups in total. The number of nitrogens with zero attached hydrogens (tertiary/aromatic N) is 3. The van der Waals surface area contributed by atoms with Gasteiger partial charge in [0.1, 0.15) is 0 Å². The maximum atomic E-state index is 13.2. The molecule has 0 radical (unpaired) electrons. The minimum atomic E-state index is -0.933. The Hall–Kier alpha value is -2.45. The van der Waals surface area contributed by atoms with E-state index in [-0.39, 0.29) is 0 Å². The number of rotatable bonds is 4. The van der Waals surface area contributed by atoms with Crippen LogP contribution < -0.4 is 0 Å². The highest BCUT2D eigenvalue weighted by molar-refractivity contribution is 7.98. The zero-order chi connectivity index (χ0) is 17.4. The zero-order valence-electron chi connectivity index (χ0n) is 12.5. The maximum Gasteiger partial charge on any atom is 0.249 e. The highest BCUT2D eigenvalue weighted by Gasteiger charge is 2.13. The largest absolute Gasteiger partial charge is 0.420 e. The van der Waals surface area contributed by atoms with Gasteiger partial charge >= 0.3 is 0 Å². The number of hydrogen-bond acceptors (Lipinski definition) is 5. The van der Waals surface area contributed by atoms with Crippen LogP contribution in [0.5, 0.6) is 0 Å². The van der Waals surface area contributed by atoms with Gasteiger partial charge in [0.2, 0.25) is 11.8 Å². The third kappa shape index (κ3) is 3.22. The van der Waals surface area contributed by atoms with Crippen molar-refractivity contribution < 1.29 is 13.2 Å². The first kappa shape index (κ1) is 16.0. The number of halogens is 3. The van der Waals surface area contributed by atoms with Gasteiger partial charge in [-0.3, -0.25) is 0 Å². The van der Waals surface area contributed by atoms with E-state index in [1.54, 1.807) is 12.1 Å². The fraction of sp³-hybridized carbons (Fsp3) is 0.0625. The number of aromatic nitrogens is 4. The minimum absolute atomic E-state index is 0.329.